The summed E-state index contributed by atoms with van der Waals surface area (Å²) >= 11 is 5.79. The molecule has 0 aliphatic rings. The van der Waals surface area contributed by atoms with Crippen molar-refractivity contribution in [3.63, 3.8) is 0 Å². The maximum atomic E-state index is 5.58. The molecule has 0 N–H and O–H groups in total. The minimum absolute atomic E-state index is 0.203. The van der Waals surface area contributed by atoms with Gasteiger partial charge in [0.05, 0.1) is 6.10 Å². The Balaban J connectivity index is 2.19. The van der Waals surface area contributed by atoms with Gasteiger partial charge in [0.2, 0.25) is 0 Å². The van der Waals surface area contributed by atoms with Gasteiger partial charge in [0.25, 0.3) is 0 Å². The number of rotatable bonds is 3. The molecule has 0 aliphatic carbocycles. The van der Waals surface area contributed by atoms with Crippen molar-refractivity contribution in [3.8, 4) is 16.3 Å². The van der Waals surface area contributed by atoms with Gasteiger partial charge >= 0.3 is 0 Å². The van der Waals surface area contributed by atoms with E-state index in [9.17, 15) is 0 Å². The lowest BCUT2D eigenvalue weighted by Gasteiger charge is -2.09. The summed E-state index contributed by atoms with van der Waals surface area (Å²) in [5, 5.41) is 3.68. The van der Waals surface area contributed by atoms with Gasteiger partial charge in [0, 0.05) is 10.9 Å². The first kappa shape index (κ1) is 11.5. The number of thiazole rings is 1. The number of hydrogen-bond acceptors (Lipinski definition) is 4. The predicted molar refractivity (Wildman–Crippen MR) is 70.6 cm³/mol. The van der Waals surface area contributed by atoms with Crippen molar-refractivity contribution >= 4 is 24.0 Å². The zero-order chi connectivity index (χ0) is 11.5. The van der Waals surface area contributed by atoms with Gasteiger partial charge in [-0.1, -0.05) is 0 Å². The monoisotopic (exact) mass is 251 g/mol. The highest BCUT2D eigenvalue weighted by molar-refractivity contribution is 7.80. The number of hydrogen-bond donors (Lipinski definition) is 1. The van der Waals surface area contributed by atoms with Gasteiger partial charge in [-0.05, 0) is 38.1 Å². The van der Waals surface area contributed by atoms with Crippen LogP contribution in [-0.4, -0.2) is 11.1 Å². The topological polar surface area (TPSA) is 22.1 Å². The first-order valence-corrected chi connectivity index (χ1v) is 6.39. The van der Waals surface area contributed by atoms with Crippen molar-refractivity contribution in [3.05, 3.63) is 29.6 Å². The maximum absolute atomic E-state index is 5.58. The fourth-order valence-electron chi connectivity index (χ4n) is 1.35. The molecule has 1 aromatic heterocycles. The average molecular weight is 251 g/mol. The number of benzene rings is 1. The summed E-state index contributed by atoms with van der Waals surface area (Å²) in [6, 6.07) is 7.97. The van der Waals surface area contributed by atoms with Crippen LogP contribution in [0.3, 0.4) is 0 Å². The Bertz CT molecular complexity index is 462. The summed E-state index contributed by atoms with van der Waals surface area (Å²) in [5.41, 5.74) is 1.10. The van der Waals surface area contributed by atoms with E-state index in [1.807, 2.05) is 43.5 Å². The molecule has 16 heavy (non-hydrogen) atoms. The molecule has 0 atom stereocenters. The second-order valence-electron chi connectivity index (χ2n) is 3.70. The molecule has 0 bridgehead atoms. The number of ether oxygens (including phenoxy) is 1. The Morgan fingerprint density at radius 3 is 2.44 bits per heavy atom. The van der Waals surface area contributed by atoms with Gasteiger partial charge in [-0.2, -0.15) is 0 Å². The minimum Gasteiger partial charge on any atom is -0.491 e. The van der Waals surface area contributed by atoms with E-state index >= 15 is 0 Å². The normalized spacial score (nSPS) is 10.8. The van der Waals surface area contributed by atoms with E-state index < -0.39 is 0 Å². The van der Waals surface area contributed by atoms with Crippen LogP contribution in [0, 0.1) is 0 Å². The molecule has 0 fully saturated rings. The highest BCUT2D eigenvalue weighted by atomic mass is 32.1. The van der Waals surface area contributed by atoms with Gasteiger partial charge in [-0.3, -0.25) is 0 Å². The van der Waals surface area contributed by atoms with E-state index in [-0.39, 0.29) is 6.10 Å². The summed E-state index contributed by atoms with van der Waals surface area (Å²) < 4.78 is 5.58. The third-order valence-corrected chi connectivity index (χ3v) is 3.26. The van der Waals surface area contributed by atoms with Crippen LogP contribution in [0.15, 0.2) is 34.7 Å². The zero-order valence-corrected chi connectivity index (χ0v) is 10.9. The van der Waals surface area contributed by atoms with Crippen molar-refractivity contribution in [2.75, 3.05) is 0 Å². The minimum atomic E-state index is 0.203. The molecular formula is C12H13NOS2. The Kier molecular flexibility index (Phi) is 3.51. The van der Waals surface area contributed by atoms with Gasteiger partial charge in [0.1, 0.15) is 15.8 Å². The largest absolute Gasteiger partial charge is 0.491 e. The van der Waals surface area contributed by atoms with Crippen LogP contribution in [0.25, 0.3) is 10.6 Å². The Morgan fingerprint density at radius 2 is 1.94 bits per heavy atom. The molecule has 0 aliphatic heterocycles. The maximum Gasteiger partial charge on any atom is 0.124 e. The molecule has 1 heterocycles. The van der Waals surface area contributed by atoms with Crippen LogP contribution >= 0.6 is 24.0 Å². The van der Waals surface area contributed by atoms with Gasteiger partial charge < -0.3 is 4.74 Å². The first-order chi connectivity index (χ1) is 7.65. The van der Waals surface area contributed by atoms with Crippen LogP contribution in [0.5, 0.6) is 5.75 Å². The lowest BCUT2D eigenvalue weighted by atomic mass is 10.2. The third-order valence-electron chi connectivity index (χ3n) is 1.97. The molecule has 84 valence electrons. The number of nitrogens with zero attached hydrogens (tertiary/aromatic N) is 1. The van der Waals surface area contributed by atoms with Crippen molar-refractivity contribution in [2.24, 2.45) is 0 Å². The van der Waals surface area contributed by atoms with Gasteiger partial charge in [0.15, 0.2) is 0 Å². The van der Waals surface area contributed by atoms with Crippen molar-refractivity contribution in [1.82, 2.24) is 4.98 Å². The van der Waals surface area contributed by atoms with Crippen LogP contribution < -0.4 is 4.74 Å². The molecule has 0 saturated carbocycles. The molecule has 2 rings (SSSR count). The number of thiol groups is 1. The molecule has 0 unspecified atom stereocenters. The Hall–Kier alpha value is -1.00. The van der Waals surface area contributed by atoms with Crippen LogP contribution in [-0.2, 0) is 0 Å². The highest BCUT2D eigenvalue weighted by Crippen LogP contribution is 2.26. The summed E-state index contributed by atoms with van der Waals surface area (Å²) in [5.74, 6) is 0.890. The van der Waals surface area contributed by atoms with Crippen molar-refractivity contribution < 1.29 is 4.74 Å². The van der Waals surface area contributed by atoms with E-state index in [1.54, 1.807) is 11.3 Å². The standard InChI is InChI=1S/C12H13NOS2/c1-8(2)14-10-5-3-9(4-6-10)12-13-11(15)7-16-12/h3-8,15H,1-2H3. The molecule has 2 nitrogen and oxygen atoms in total. The first-order valence-electron chi connectivity index (χ1n) is 5.07. The molecule has 2 aromatic rings. The summed E-state index contributed by atoms with van der Waals surface area (Å²) in [6.07, 6.45) is 0.203. The van der Waals surface area contributed by atoms with Crippen molar-refractivity contribution in [2.45, 2.75) is 25.0 Å². The molecule has 0 radical (unpaired) electrons. The van der Waals surface area contributed by atoms with E-state index in [1.165, 1.54) is 0 Å². The second-order valence-corrected chi connectivity index (χ2v) is 5.02. The molecule has 0 spiro atoms. The molecule has 0 amide bonds. The predicted octanol–water partition coefficient (Wildman–Crippen LogP) is 3.89. The van der Waals surface area contributed by atoms with Gasteiger partial charge in [-0.25, -0.2) is 4.98 Å². The molecule has 4 heteroatoms. The summed E-state index contributed by atoms with van der Waals surface area (Å²) in [6.45, 7) is 4.03. The fourth-order valence-corrected chi connectivity index (χ4v) is 2.36. The van der Waals surface area contributed by atoms with Gasteiger partial charge in [-0.15, -0.1) is 24.0 Å². The van der Waals surface area contributed by atoms with Crippen molar-refractivity contribution in [1.29, 1.82) is 0 Å². The summed E-state index contributed by atoms with van der Waals surface area (Å²) in [7, 11) is 0. The Labute approximate surface area is 105 Å². The second kappa shape index (κ2) is 4.89. The molecule has 1 aromatic carbocycles. The van der Waals surface area contributed by atoms with E-state index in [4.69, 9.17) is 4.74 Å². The fraction of sp³-hybridized carbons (Fsp3) is 0.250. The third kappa shape index (κ3) is 2.77. The summed E-state index contributed by atoms with van der Waals surface area (Å²) in [4.78, 5) is 4.31. The SMILES string of the molecule is CC(C)Oc1ccc(-c2nc(S)cs2)cc1. The molecule has 0 saturated heterocycles. The van der Waals surface area contributed by atoms with Crippen LogP contribution in [0.4, 0.5) is 0 Å². The van der Waals surface area contributed by atoms with E-state index in [0.29, 0.717) is 0 Å². The quantitative estimate of drug-likeness (QED) is 0.836. The average Bonchev–Trinajstić information content (AvgIpc) is 2.65. The Morgan fingerprint density at radius 1 is 1.25 bits per heavy atom. The lowest BCUT2D eigenvalue weighted by molar-refractivity contribution is 0.242. The van der Waals surface area contributed by atoms with E-state index in [2.05, 4.69) is 17.6 Å². The van der Waals surface area contributed by atoms with E-state index in [0.717, 1.165) is 21.3 Å². The van der Waals surface area contributed by atoms with Crippen LogP contribution in [0.2, 0.25) is 0 Å². The van der Waals surface area contributed by atoms with Crippen LogP contribution in [0.1, 0.15) is 13.8 Å². The zero-order valence-electron chi connectivity index (χ0n) is 9.18. The molecular weight excluding hydrogens is 238 g/mol. The lowest BCUT2D eigenvalue weighted by Crippen LogP contribution is -2.05. The smallest absolute Gasteiger partial charge is 0.124 e. The number of aromatic nitrogens is 1. The highest BCUT2D eigenvalue weighted by Gasteiger charge is 2.03.